The zero-order valence-electron chi connectivity index (χ0n) is 12.4. The highest BCUT2D eigenvalue weighted by molar-refractivity contribution is 5.83. The van der Waals surface area contributed by atoms with Gasteiger partial charge >= 0.3 is 12.0 Å². The van der Waals surface area contributed by atoms with Crippen molar-refractivity contribution in [2.75, 3.05) is 6.54 Å². The number of imidazole rings is 1. The molecule has 1 saturated heterocycles. The number of H-pyrrole nitrogens is 1. The van der Waals surface area contributed by atoms with Gasteiger partial charge in [-0.15, -0.1) is 0 Å². The lowest BCUT2D eigenvalue weighted by Gasteiger charge is -2.37. The van der Waals surface area contributed by atoms with Crippen LogP contribution in [-0.4, -0.2) is 50.6 Å². The summed E-state index contributed by atoms with van der Waals surface area (Å²) in [6.07, 6.45) is 5.15. The molecule has 7 nitrogen and oxygen atoms in total. The Kier molecular flexibility index (Phi) is 4.82. The van der Waals surface area contributed by atoms with E-state index in [2.05, 4.69) is 22.2 Å². The van der Waals surface area contributed by atoms with Gasteiger partial charge in [-0.1, -0.05) is 6.92 Å². The molecule has 1 fully saturated rings. The predicted octanol–water partition coefficient (Wildman–Crippen LogP) is 1.24. The third-order valence-corrected chi connectivity index (χ3v) is 3.97. The number of nitrogens with one attached hydrogen (secondary N) is 2. The van der Waals surface area contributed by atoms with Gasteiger partial charge in [0.05, 0.1) is 6.33 Å². The number of aromatic nitrogens is 2. The van der Waals surface area contributed by atoms with Gasteiger partial charge in [0.2, 0.25) is 0 Å². The molecule has 1 aliphatic rings. The largest absolute Gasteiger partial charge is 0.480 e. The lowest BCUT2D eigenvalue weighted by atomic mass is 9.94. The standard InChI is InChI=1S/C14H22N4O3/c1-9-3-4-18(10(2)5-9)14(21)17-12(13(19)20)6-11-7-15-8-16-11/h7-10,12H,3-6H2,1-2H3,(H,15,16)(H,17,21)(H,19,20)/t9?,10?,12-/m0/s1. The first-order valence-electron chi connectivity index (χ1n) is 7.24. The first-order valence-corrected chi connectivity index (χ1v) is 7.24. The third-order valence-electron chi connectivity index (χ3n) is 3.97. The van der Waals surface area contributed by atoms with Crippen molar-refractivity contribution in [3.63, 3.8) is 0 Å². The molecule has 0 radical (unpaired) electrons. The van der Waals surface area contributed by atoms with Gasteiger partial charge in [0.1, 0.15) is 6.04 Å². The smallest absolute Gasteiger partial charge is 0.326 e. The molecule has 1 aromatic rings. The van der Waals surface area contributed by atoms with Crippen LogP contribution >= 0.6 is 0 Å². The van der Waals surface area contributed by atoms with Gasteiger partial charge < -0.3 is 20.3 Å². The zero-order chi connectivity index (χ0) is 15.4. The maximum absolute atomic E-state index is 12.3. The number of amides is 2. The number of nitrogens with zero attached hydrogens (tertiary/aromatic N) is 2. The number of hydrogen-bond acceptors (Lipinski definition) is 3. The quantitative estimate of drug-likeness (QED) is 0.778. The molecule has 0 saturated carbocycles. The van der Waals surface area contributed by atoms with Crippen molar-refractivity contribution in [3.05, 3.63) is 18.2 Å². The van der Waals surface area contributed by atoms with Crippen molar-refractivity contribution in [2.24, 2.45) is 5.92 Å². The maximum atomic E-state index is 12.3. The summed E-state index contributed by atoms with van der Waals surface area (Å²) < 4.78 is 0. The third kappa shape index (κ3) is 3.96. The summed E-state index contributed by atoms with van der Waals surface area (Å²) >= 11 is 0. The number of rotatable bonds is 4. The summed E-state index contributed by atoms with van der Waals surface area (Å²) in [5, 5.41) is 11.9. The number of carbonyl (C=O) groups is 2. The Morgan fingerprint density at radius 2 is 2.33 bits per heavy atom. The average molecular weight is 294 g/mol. The van der Waals surface area contributed by atoms with Crippen LogP contribution in [-0.2, 0) is 11.2 Å². The van der Waals surface area contributed by atoms with E-state index in [-0.39, 0.29) is 18.5 Å². The number of carboxylic acid groups (broad SMARTS) is 1. The average Bonchev–Trinajstić information content (AvgIpc) is 2.90. The molecule has 0 spiro atoms. The molecule has 1 aromatic heterocycles. The second-order valence-electron chi connectivity index (χ2n) is 5.79. The number of carboxylic acids is 1. The molecule has 0 bridgehead atoms. The van der Waals surface area contributed by atoms with E-state index in [1.54, 1.807) is 11.1 Å². The van der Waals surface area contributed by atoms with Crippen molar-refractivity contribution >= 4 is 12.0 Å². The van der Waals surface area contributed by atoms with Gasteiger partial charge in [-0.25, -0.2) is 14.6 Å². The summed E-state index contributed by atoms with van der Waals surface area (Å²) in [4.78, 5) is 32.0. The van der Waals surface area contributed by atoms with Crippen molar-refractivity contribution in [3.8, 4) is 0 Å². The lowest BCUT2D eigenvalue weighted by molar-refractivity contribution is -0.139. The molecule has 2 unspecified atom stereocenters. The highest BCUT2D eigenvalue weighted by Crippen LogP contribution is 2.22. The topological polar surface area (TPSA) is 98.3 Å². The van der Waals surface area contributed by atoms with Gasteiger partial charge in [0.15, 0.2) is 0 Å². The number of hydrogen-bond donors (Lipinski definition) is 3. The van der Waals surface area contributed by atoms with E-state index in [1.807, 2.05) is 6.92 Å². The van der Waals surface area contributed by atoms with E-state index in [4.69, 9.17) is 0 Å². The highest BCUT2D eigenvalue weighted by Gasteiger charge is 2.29. The number of aliphatic carboxylic acids is 1. The highest BCUT2D eigenvalue weighted by atomic mass is 16.4. The number of likely N-dealkylation sites (tertiary alicyclic amines) is 1. The molecule has 2 heterocycles. The molecular weight excluding hydrogens is 272 g/mol. The molecule has 0 aromatic carbocycles. The Bertz CT molecular complexity index is 488. The van der Waals surface area contributed by atoms with Crippen molar-refractivity contribution < 1.29 is 14.7 Å². The van der Waals surface area contributed by atoms with Crippen LogP contribution in [0.4, 0.5) is 4.79 Å². The molecule has 116 valence electrons. The summed E-state index contributed by atoms with van der Waals surface area (Å²) in [6, 6.07) is -1.12. The van der Waals surface area contributed by atoms with Crippen LogP contribution in [0, 0.1) is 5.92 Å². The van der Waals surface area contributed by atoms with Gasteiger partial charge in [-0.3, -0.25) is 0 Å². The fraction of sp³-hybridized carbons (Fsp3) is 0.643. The molecular formula is C14H22N4O3. The molecule has 3 atom stereocenters. The van der Waals surface area contributed by atoms with Crippen LogP contribution in [0.2, 0.25) is 0 Å². The van der Waals surface area contributed by atoms with E-state index in [0.29, 0.717) is 18.2 Å². The summed E-state index contributed by atoms with van der Waals surface area (Å²) in [5.74, 6) is -0.444. The predicted molar refractivity (Wildman–Crippen MR) is 76.8 cm³/mol. The molecule has 1 aliphatic heterocycles. The molecule has 7 heteroatoms. The summed E-state index contributed by atoms with van der Waals surface area (Å²) in [6.45, 7) is 4.84. The number of carbonyl (C=O) groups excluding carboxylic acids is 1. The molecule has 3 N–H and O–H groups in total. The van der Waals surface area contributed by atoms with E-state index >= 15 is 0 Å². The van der Waals surface area contributed by atoms with Crippen molar-refractivity contribution in [1.82, 2.24) is 20.2 Å². The van der Waals surface area contributed by atoms with Gasteiger partial charge in [0, 0.05) is 30.9 Å². The first-order chi connectivity index (χ1) is 9.97. The SMILES string of the molecule is CC1CCN(C(=O)N[C@@H](Cc2cnc[nH]2)C(=O)O)C(C)C1. The van der Waals surface area contributed by atoms with E-state index < -0.39 is 12.0 Å². The minimum Gasteiger partial charge on any atom is -0.480 e. The van der Waals surface area contributed by atoms with Crippen LogP contribution < -0.4 is 5.32 Å². The van der Waals surface area contributed by atoms with Gasteiger partial charge in [0.25, 0.3) is 0 Å². The Balaban J connectivity index is 1.96. The second kappa shape index (κ2) is 6.60. The maximum Gasteiger partial charge on any atom is 0.326 e. The normalized spacial score (nSPS) is 23.6. The summed E-state index contributed by atoms with van der Waals surface area (Å²) in [7, 11) is 0. The molecule has 0 aliphatic carbocycles. The minimum absolute atomic E-state index is 0.135. The number of aromatic amines is 1. The Morgan fingerprint density at radius 1 is 1.57 bits per heavy atom. The van der Waals surface area contributed by atoms with Crippen LogP contribution in [0.3, 0.4) is 0 Å². The molecule has 21 heavy (non-hydrogen) atoms. The number of urea groups is 1. The lowest BCUT2D eigenvalue weighted by Crippen LogP contribution is -2.53. The fourth-order valence-corrected chi connectivity index (χ4v) is 2.76. The monoisotopic (exact) mass is 294 g/mol. The van der Waals surface area contributed by atoms with Crippen molar-refractivity contribution in [2.45, 2.75) is 45.2 Å². The molecule has 2 rings (SSSR count). The second-order valence-corrected chi connectivity index (χ2v) is 5.79. The Morgan fingerprint density at radius 3 is 2.90 bits per heavy atom. The van der Waals surface area contributed by atoms with Crippen LogP contribution in [0.5, 0.6) is 0 Å². The van der Waals surface area contributed by atoms with E-state index in [1.165, 1.54) is 6.33 Å². The minimum atomic E-state index is -1.05. The first kappa shape index (κ1) is 15.3. The van der Waals surface area contributed by atoms with Crippen LogP contribution in [0.1, 0.15) is 32.4 Å². The van der Waals surface area contributed by atoms with Crippen LogP contribution in [0.15, 0.2) is 12.5 Å². The Hall–Kier alpha value is -2.05. The van der Waals surface area contributed by atoms with Crippen molar-refractivity contribution in [1.29, 1.82) is 0 Å². The van der Waals surface area contributed by atoms with E-state index in [9.17, 15) is 14.7 Å². The number of piperidine rings is 1. The summed E-state index contributed by atoms with van der Waals surface area (Å²) in [5.41, 5.74) is 0.683. The van der Waals surface area contributed by atoms with Gasteiger partial charge in [-0.05, 0) is 25.7 Å². The Labute approximate surface area is 123 Å². The molecule has 2 amide bonds. The van der Waals surface area contributed by atoms with Crippen LogP contribution in [0.25, 0.3) is 0 Å². The zero-order valence-corrected chi connectivity index (χ0v) is 12.4. The van der Waals surface area contributed by atoms with Gasteiger partial charge in [-0.2, -0.15) is 0 Å². The fourth-order valence-electron chi connectivity index (χ4n) is 2.76. The van der Waals surface area contributed by atoms with E-state index in [0.717, 1.165) is 12.8 Å².